The lowest BCUT2D eigenvalue weighted by atomic mass is 10.2. The molecular formula is C22H26N4O3S. The van der Waals surface area contributed by atoms with Gasteiger partial charge < -0.3 is 19.1 Å². The second kappa shape index (κ2) is 9.40. The summed E-state index contributed by atoms with van der Waals surface area (Å²) >= 11 is 1.63. The molecular weight excluding hydrogens is 400 g/mol. The van der Waals surface area contributed by atoms with Crippen LogP contribution in [-0.2, 0) is 10.5 Å². The molecule has 0 amide bonds. The Balaban J connectivity index is 1.66. The lowest BCUT2D eigenvalue weighted by molar-refractivity contribution is 0.122. The fourth-order valence-corrected chi connectivity index (χ4v) is 4.31. The maximum Gasteiger partial charge on any atom is 0.232 e. The van der Waals surface area contributed by atoms with Gasteiger partial charge in [-0.25, -0.2) is 0 Å². The minimum atomic E-state index is 0.688. The van der Waals surface area contributed by atoms with Gasteiger partial charge in [0, 0.05) is 24.4 Å². The number of aromatic nitrogens is 3. The van der Waals surface area contributed by atoms with Gasteiger partial charge in [0.25, 0.3) is 0 Å². The van der Waals surface area contributed by atoms with Gasteiger partial charge in [-0.1, -0.05) is 29.5 Å². The van der Waals surface area contributed by atoms with Crippen LogP contribution in [0.1, 0.15) is 11.1 Å². The van der Waals surface area contributed by atoms with Crippen LogP contribution in [0.5, 0.6) is 11.5 Å². The predicted molar refractivity (Wildman–Crippen MR) is 118 cm³/mol. The molecule has 1 aliphatic heterocycles. The summed E-state index contributed by atoms with van der Waals surface area (Å²) in [6.07, 6.45) is 0. The molecule has 0 unspecified atom stereocenters. The molecule has 7 nitrogen and oxygen atoms in total. The van der Waals surface area contributed by atoms with E-state index >= 15 is 0 Å². The van der Waals surface area contributed by atoms with Crippen LogP contribution in [0.25, 0.3) is 5.69 Å². The number of nitrogens with zero attached hydrogens (tertiary/aromatic N) is 4. The predicted octanol–water partition coefficient (Wildman–Crippen LogP) is 3.72. The number of morpholine rings is 1. The monoisotopic (exact) mass is 426 g/mol. The fraction of sp³-hybridized carbons (Fsp3) is 0.364. The van der Waals surface area contributed by atoms with Crippen LogP contribution in [0, 0.1) is 6.92 Å². The molecule has 0 bridgehead atoms. The zero-order chi connectivity index (χ0) is 20.9. The van der Waals surface area contributed by atoms with Crippen LogP contribution < -0.4 is 14.4 Å². The van der Waals surface area contributed by atoms with Crippen LogP contribution in [0.3, 0.4) is 0 Å². The van der Waals surface area contributed by atoms with Crippen molar-refractivity contribution in [2.24, 2.45) is 0 Å². The summed E-state index contributed by atoms with van der Waals surface area (Å²) in [7, 11) is 3.35. The van der Waals surface area contributed by atoms with Crippen LogP contribution in [0.2, 0.25) is 0 Å². The van der Waals surface area contributed by atoms with E-state index in [0.29, 0.717) is 19.0 Å². The third-order valence-corrected chi connectivity index (χ3v) is 6.02. The number of anilines is 1. The first kappa shape index (κ1) is 20.6. The average molecular weight is 427 g/mol. The van der Waals surface area contributed by atoms with Crippen molar-refractivity contribution >= 4 is 17.7 Å². The standard InChI is InChI=1S/C22H26N4O3S/c1-16-4-6-18(7-5-16)26-21(25-10-12-29-13-11-25)23-24-22(26)30-15-17-14-19(27-2)8-9-20(17)28-3/h4-9,14H,10-13,15H2,1-3H3. The summed E-state index contributed by atoms with van der Waals surface area (Å²) < 4.78 is 18.5. The Labute approximate surface area is 181 Å². The third kappa shape index (κ3) is 4.39. The number of rotatable bonds is 7. The van der Waals surface area contributed by atoms with Crippen molar-refractivity contribution in [2.45, 2.75) is 17.8 Å². The van der Waals surface area contributed by atoms with Crippen molar-refractivity contribution in [3.63, 3.8) is 0 Å². The largest absolute Gasteiger partial charge is 0.497 e. The Kier molecular flexibility index (Phi) is 6.44. The van der Waals surface area contributed by atoms with Gasteiger partial charge in [-0.05, 0) is 37.3 Å². The summed E-state index contributed by atoms with van der Waals surface area (Å²) in [5, 5.41) is 9.90. The van der Waals surface area contributed by atoms with E-state index in [4.69, 9.17) is 14.2 Å². The molecule has 0 radical (unpaired) electrons. The van der Waals surface area contributed by atoms with Crippen LogP contribution in [0.4, 0.5) is 5.95 Å². The van der Waals surface area contributed by atoms with Crippen LogP contribution in [0.15, 0.2) is 47.6 Å². The molecule has 2 heterocycles. The van der Waals surface area contributed by atoms with Gasteiger partial charge in [0.1, 0.15) is 11.5 Å². The molecule has 0 aliphatic carbocycles. The van der Waals surface area contributed by atoms with Crippen molar-refractivity contribution in [3.05, 3.63) is 53.6 Å². The quantitative estimate of drug-likeness (QED) is 0.534. The number of aryl methyl sites for hydroxylation is 1. The number of benzene rings is 2. The van der Waals surface area contributed by atoms with Gasteiger partial charge in [-0.3, -0.25) is 4.57 Å². The summed E-state index contributed by atoms with van der Waals surface area (Å²) in [4.78, 5) is 2.23. The molecule has 30 heavy (non-hydrogen) atoms. The second-order valence-electron chi connectivity index (χ2n) is 7.02. The van der Waals surface area contributed by atoms with Crippen LogP contribution >= 0.6 is 11.8 Å². The summed E-state index contributed by atoms with van der Waals surface area (Å²) in [6, 6.07) is 14.3. The van der Waals surface area contributed by atoms with Gasteiger partial charge >= 0.3 is 0 Å². The van der Waals surface area contributed by atoms with Crippen LogP contribution in [-0.4, -0.2) is 55.3 Å². The van der Waals surface area contributed by atoms with Crippen molar-refractivity contribution in [2.75, 3.05) is 45.4 Å². The van der Waals surface area contributed by atoms with Gasteiger partial charge in [-0.15, -0.1) is 10.2 Å². The number of thioether (sulfide) groups is 1. The van der Waals surface area contributed by atoms with Gasteiger partial charge in [-0.2, -0.15) is 0 Å². The molecule has 158 valence electrons. The summed E-state index contributed by atoms with van der Waals surface area (Å²) in [6.45, 7) is 5.09. The van der Waals surface area contributed by atoms with E-state index in [1.54, 1.807) is 26.0 Å². The van der Waals surface area contributed by atoms with Gasteiger partial charge in [0.2, 0.25) is 5.95 Å². The molecule has 1 fully saturated rings. The summed E-state index contributed by atoms with van der Waals surface area (Å²) in [5.41, 5.74) is 3.32. The zero-order valence-electron chi connectivity index (χ0n) is 17.5. The van der Waals surface area contributed by atoms with E-state index in [0.717, 1.165) is 46.9 Å². The highest BCUT2D eigenvalue weighted by Crippen LogP contribution is 2.33. The van der Waals surface area contributed by atoms with Crippen molar-refractivity contribution < 1.29 is 14.2 Å². The lowest BCUT2D eigenvalue weighted by Crippen LogP contribution is -2.37. The Morgan fingerprint density at radius 2 is 1.77 bits per heavy atom. The number of hydrogen-bond acceptors (Lipinski definition) is 7. The first-order valence-electron chi connectivity index (χ1n) is 9.88. The molecule has 0 atom stereocenters. The van der Waals surface area contributed by atoms with Gasteiger partial charge in [0.05, 0.1) is 33.1 Å². The fourth-order valence-electron chi connectivity index (χ4n) is 3.38. The van der Waals surface area contributed by atoms with Gasteiger partial charge in [0.15, 0.2) is 5.16 Å². The molecule has 0 spiro atoms. The molecule has 4 rings (SSSR count). The second-order valence-corrected chi connectivity index (χ2v) is 7.96. The third-order valence-electron chi connectivity index (χ3n) is 5.05. The minimum Gasteiger partial charge on any atom is -0.497 e. The number of ether oxygens (including phenoxy) is 3. The van der Waals surface area contributed by atoms with Crippen molar-refractivity contribution in [1.82, 2.24) is 14.8 Å². The minimum absolute atomic E-state index is 0.688. The molecule has 1 aromatic heterocycles. The SMILES string of the molecule is COc1ccc(OC)c(CSc2nnc(N3CCOCC3)n2-c2ccc(C)cc2)c1. The first-order valence-corrected chi connectivity index (χ1v) is 10.9. The molecule has 8 heteroatoms. The average Bonchev–Trinajstić information content (AvgIpc) is 3.22. The highest BCUT2D eigenvalue weighted by atomic mass is 32.2. The maximum absolute atomic E-state index is 5.53. The van der Waals surface area contributed by atoms with E-state index in [1.165, 1.54) is 5.56 Å². The summed E-state index contributed by atoms with van der Waals surface area (Å²) in [5.74, 6) is 3.17. The Morgan fingerprint density at radius 3 is 2.47 bits per heavy atom. The van der Waals surface area contributed by atoms with E-state index in [1.807, 2.05) is 18.2 Å². The smallest absolute Gasteiger partial charge is 0.232 e. The Hall–Kier alpha value is -2.71. The molecule has 2 aromatic carbocycles. The highest BCUT2D eigenvalue weighted by Gasteiger charge is 2.22. The number of hydrogen-bond donors (Lipinski definition) is 0. The topological polar surface area (TPSA) is 61.6 Å². The maximum atomic E-state index is 5.53. The first-order chi connectivity index (χ1) is 14.7. The van der Waals surface area contributed by atoms with Crippen molar-refractivity contribution in [1.29, 1.82) is 0 Å². The van der Waals surface area contributed by atoms with E-state index in [-0.39, 0.29) is 0 Å². The van der Waals surface area contributed by atoms with Crippen molar-refractivity contribution in [3.8, 4) is 17.2 Å². The molecule has 1 saturated heterocycles. The Bertz CT molecular complexity index is 985. The number of methoxy groups -OCH3 is 2. The molecule has 0 N–H and O–H groups in total. The Morgan fingerprint density at radius 1 is 1.00 bits per heavy atom. The van der Waals surface area contributed by atoms with E-state index in [9.17, 15) is 0 Å². The zero-order valence-corrected chi connectivity index (χ0v) is 18.3. The van der Waals surface area contributed by atoms with E-state index in [2.05, 4.69) is 50.9 Å². The molecule has 1 aliphatic rings. The lowest BCUT2D eigenvalue weighted by Gasteiger charge is -2.28. The molecule has 3 aromatic rings. The highest BCUT2D eigenvalue weighted by molar-refractivity contribution is 7.98. The molecule has 0 saturated carbocycles. The van der Waals surface area contributed by atoms with E-state index < -0.39 is 0 Å². The normalized spacial score (nSPS) is 14.0.